The van der Waals surface area contributed by atoms with E-state index in [1.54, 1.807) is 0 Å². The fraction of sp³-hybridized carbons (Fsp3) is 0.429. The molecule has 1 aromatic carbocycles. The van der Waals surface area contributed by atoms with E-state index in [1.807, 2.05) is 0 Å². The monoisotopic (exact) mass is 446 g/mol. The third kappa shape index (κ3) is 3.32. The van der Waals surface area contributed by atoms with Gasteiger partial charge >= 0.3 is 5.76 Å². The quantitative estimate of drug-likeness (QED) is 0.565. The Morgan fingerprint density at radius 1 is 1.10 bits per heavy atom. The van der Waals surface area contributed by atoms with Crippen molar-refractivity contribution in [2.75, 3.05) is 7.11 Å². The van der Waals surface area contributed by atoms with Crippen LogP contribution in [0.25, 0.3) is 5.57 Å². The van der Waals surface area contributed by atoms with Crippen molar-refractivity contribution >= 4 is 15.4 Å². The molecule has 0 aromatic heterocycles. The summed E-state index contributed by atoms with van der Waals surface area (Å²) in [6.07, 6.45) is 2.26. The summed E-state index contributed by atoms with van der Waals surface area (Å²) in [5, 5.41) is 0. The summed E-state index contributed by atoms with van der Waals surface area (Å²) in [5.41, 5.74) is 1.62. The topological polar surface area (TPSA) is 43.4 Å². The predicted octanol–water partition coefficient (Wildman–Crippen LogP) is 5.45. The Balaban J connectivity index is 1.76. The zero-order chi connectivity index (χ0) is 21.9. The van der Waals surface area contributed by atoms with Crippen molar-refractivity contribution in [1.29, 1.82) is 0 Å². The lowest BCUT2D eigenvalue weighted by atomic mass is 9.90. The summed E-state index contributed by atoms with van der Waals surface area (Å²) in [7, 11) is -3.78. The van der Waals surface area contributed by atoms with Gasteiger partial charge in [0.1, 0.15) is 5.83 Å². The van der Waals surface area contributed by atoms with Crippen LogP contribution in [0.3, 0.4) is 0 Å². The number of hydrogen-bond donors (Lipinski definition) is 0. The van der Waals surface area contributed by atoms with E-state index in [4.69, 9.17) is 0 Å². The third-order valence-corrected chi connectivity index (χ3v) is 7.53. The molecular weight excluding hydrogens is 427 g/mol. The molecule has 2 unspecified atom stereocenters. The number of methoxy groups -OCH3 is 1. The maximum absolute atomic E-state index is 14.8. The number of alkyl halides is 4. The molecule has 3 aliphatic rings. The van der Waals surface area contributed by atoms with Gasteiger partial charge < -0.3 is 4.74 Å². The van der Waals surface area contributed by atoms with Gasteiger partial charge in [-0.1, -0.05) is 18.2 Å². The number of sulfone groups is 1. The molecule has 0 amide bonds. The highest BCUT2D eigenvalue weighted by Gasteiger charge is 2.51. The highest BCUT2D eigenvalue weighted by atomic mass is 32.2. The van der Waals surface area contributed by atoms with E-state index in [0.717, 1.165) is 38.2 Å². The molecule has 0 radical (unpaired) electrons. The van der Waals surface area contributed by atoms with Crippen LogP contribution in [-0.2, 0) is 14.6 Å². The van der Waals surface area contributed by atoms with Crippen LogP contribution in [0.2, 0.25) is 0 Å². The van der Waals surface area contributed by atoms with Gasteiger partial charge in [-0.2, -0.15) is 8.78 Å². The number of rotatable bonds is 5. The molecule has 3 aliphatic carbocycles. The third-order valence-electron chi connectivity index (χ3n) is 6.13. The first-order chi connectivity index (χ1) is 14.0. The number of hydrogen-bond acceptors (Lipinski definition) is 3. The Bertz CT molecular complexity index is 1070. The number of benzene rings is 1. The largest absolute Gasteiger partial charge is 0.343 e. The molecule has 0 aliphatic heterocycles. The van der Waals surface area contributed by atoms with E-state index in [0.29, 0.717) is 29.6 Å². The fourth-order valence-corrected chi connectivity index (χ4v) is 4.85. The van der Waals surface area contributed by atoms with Gasteiger partial charge in [0.15, 0.2) is 0 Å². The van der Waals surface area contributed by atoms with Crippen molar-refractivity contribution in [1.82, 2.24) is 0 Å². The molecule has 4 rings (SSSR count). The Hall–Kier alpha value is -2.00. The van der Waals surface area contributed by atoms with Crippen molar-refractivity contribution in [3.8, 4) is 0 Å². The lowest BCUT2D eigenvalue weighted by Crippen LogP contribution is -2.37. The molecule has 0 N–H and O–H groups in total. The second kappa shape index (κ2) is 7.02. The molecule has 2 atom stereocenters. The number of halogens is 5. The second-order valence-electron chi connectivity index (χ2n) is 8.00. The fourth-order valence-electron chi connectivity index (χ4n) is 4.13. The van der Waals surface area contributed by atoms with E-state index in [1.165, 1.54) is 18.2 Å². The van der Waals surface area contributed by atoms with E-state index >= 15 is 0 Å². The van der Waals surface area contributed by atoms with E-state index in [2.05, 4.69) is 4.74 Å². The first-order valence-corrected chi connectivity index (χ1v) is 10.9. The van der Waals surface area contributed by atoms with Crippen molar-refractivity contribution in [2.45, 2.75) is 48.4 Å². The van der Waals surface area contributed by atoms with Gasteiger partial charge in [0, 0.05) is 12.7 Å². The highest BCUT2D eigenvalue weighted by Crippen LogP contribution is 2.63. The second-order valence-corrected chi connectivity index (χ2v) is 9.92. The van der Waals surface area contributed by atoms with E-state index in [9.17, 15) is 30.4 Å². The van der Waals surface area contributed by atoms with Crippen molar-refractivity contribution in [3.05, 3.63) is 59.0 Å². The van der Waals surface area contributed by atoms with Crippen LogP contribution < -0.4 is 0 Å². The molecule has 0 heterocycles. The summed E-state index contributed by atoms with van der Waals surface area (Å²) in [4.78, 5) is -0.517. The molecular formula is C21H19F5O3S. The zero-order valence-electron chi connectivity index (χ0n) is 16.0. The summed E-state index contributed by atoms with van der Waals surface area (Å²) >= 11 is 0. The zero-order valence-corrected chi connectivity index (χ0v) is 16.8. The average molecular weight is 446 g/mol. The smallest absolute Gasteiger partial charge is 0.341 e. The lowest BCUT2D eigenvalue weighted by molar-refractivity contribution is -0.125. The van der Waals surface area contributed by atoms with Gasteiger partial charge in [0.05, 0.1) is 4.90 Å². The van der Waals surface area contributed by atoms with Gasteiger partial charge in [-0.3, -0.25) is 0 Å². The first-order valence-electron chi connectivity index (χ1n) is 9.35. The van der Waals surface area contributed by atoms with Gasteiger partial charge in [0.25, 0.3) is 5.85 Å². The minimum atomic E-state index is -4.73. The van der Waals surface area contributed by atoms with E-state index < -0.39 is 38.3 Å². The van der Waals surface area contributed by atoms with Crippen molar-refractivity contribution < 1.29 is 35.1 Å². The Labute approximate surface area is 170 Å². The van der Waals surface area contributed by atoms with E-state index in [-0.39, 0.29) is 11.0 Å². The molecule has 1 aromatic rings. The number of ether oxygens (including phenoxy) is 1. The Morgan fingerprint density at radius 2 is 1.70 bits per heavy atom. The molecule has 9 heteroatoms. The summed E-state index contributed by atoms with van der Waals surface area (Å²) in [6.45, 7) is 0. The van der Waals surface area contributed by atoms with Crippen molar-refractivity contribution in [2.24, 2.45) is 5.41 Å². The molecule has 0 bridgehead atoms. The lowest BCUT2D eigenvalue weighted by Gasteiger charge is -2.28. The SMILES string of the molecule is COC1(F)C=CC(C2=C(c3ccc(S(=O)(=O)C(F)F)cc3)CC3(CC3)C2)=C(F)C1F. The maximum atomic E-state index is 14.8. The van der Waals surface area contributed by atoms with Gasteiger partial charge in [0.2, 0.25) is 16.0 Å². The summed E-state index contributed by atoms with van der Waals surface area (Å²) < 4.78 is 96.7. The normalized spacial score (nSPS) is 28.2. The van der Waals surface area contributed by atoms with Gasteiger partial charge in [-0.25, -0.2) is 21.6 Å². The standard InChI is InChI=1S/C21H19F5O3S/c1-29-21(26)7-6-14(17(22)18(21)23)16-11-20(8-9-20)10-15(16)12-2-4-13(5-3-12)30(27,28)19(24)25/h2-7,18-19H,8-11H2,1H3. The minimum absolute atomic E-state index is 0.0455. The highest BCUT2D eigenvalue weighted by molar-refractivity contribution is 7.91. The van der Waals surface area contributed by atoms with Crippen LogP contribution in [0.5, 0.6) is 0 Å². The maximum Gasteiger partial charge on any atom is 0.341 e. The van der Waals surface area contributed by atoms with Gasteiger partial charge in [-0.05, 0) is 66.0 Å². The van der Waals surface area contributed by atoms with Crippen molar-refractivity contribution in [3.63, 3.8) is 0 Å². The van der Waals surface area contributed by atoms with Gasteiger partial charge in [-0.15, -0.1) is 0 Å². The van der Waals surface area contributed by atoms with Crippen LogP contribution in [0.4, 0.5) is 22.0 Å². The molecule has 162 valence electrons. The predicted molar refractivity (Wildman–Crippen MR) is 100 cm³/mol. The molecule has 1 fully saturated rings. The molecule has 1 spiro atoms. The Kier molecular flexibility index (Phi) is 4.97. The van der Waals surface area contributed by atoms with Crippen LogP contribution in [0.15, 0.2) is 58.3 Å². The molecule has 3 nitrogen and oxygen atoms in total. The van der Waals surface area contributed by atoms with Crippen LogP contribution >= 0.6 is 0 Å². The summed E-state index contributed by atoms with van der Waals surface area (Å²) in [5.74, 6) is -7.67. The van der Waals surface area contributed by atoms with Crippen LogP contribution in [-0.4, -0.2) is 33.3 Å². The van der Waals surface area contributed by atoms with Crippen LogP contribution in [0.1, 0.15) is 31.2 Å². The molecule has 30 heavy (non-hydrogen) atoms. The Morgan fingerprint density at radius 3 is 2.23 bits per heavy atom. The number of allylic oxidation sites excluding steroid dienone is 4. The average Bonchev–Trinajstić information content (AvgIpc) is 3.37. The van der Waals surface area contributed by atoms with Crippen LogP contribution in [0, 0.1) is 5.41 Å². The minimum Gasteiger partial charge on any atom is -0.343 e. The first kappa shape index (κ1) is 21.2. The molecule has 0 saturated heterocycles. The molecule has 1 saturated carbocycles. The summed E-state index contributed by atoms with van der Waals surface area (Å²) in [6, 6.07) is 4.93.